The Morgan fingerprint density at radius 3 is 2.89 bits per heavy atom. The molecule has 1 aromatic rings. The fourth-order valence-corrected chi connectivity index (χ4v) is 2.34. The van der Waals surface area contributed by atoms with E-state index in [-0.39, 0.29) is 11.9 Å². The van der Waals surface area contributed by atoms with Crippen LogP contribution in [0, 0.1) is 0 Å². The molecule has 1 amide bonds. The Hall–Kier alpha value is -0.980. The molecule has 0 spiro atoms. The number of halogens is 1. The maximum atomic E-state index is 12.2. The SMILES string of the molecule is CSCC(C)N(C)C(=O)c1cnc(NN)c(Cl)c1. The molecule has 100 valence electrons. The molecule has 0 saturated carbocycles. The number of pyridine rings is 1. The minimum atomic E-state index is -0.102. The highest BCUT2D eigenvalue weighted by atomic mass is 35.5. The molecule has 18 heavy (non-hydrogen) atoms. The number of nitrogen functional groups attached to an aromatic ring is 1. The average Bonchev–Trinajstić information content (AvgIpc) is 2.37. The molecule has 1 unspecified atom stereocenters. The van der Waals surface area contributed by atoms with Crippen molar-refractivity contribution in [3.8, 4) is 0 Å². The summed E-state index contributed by atoms with van der Waals surface area (Å²) >= 11 is 7.64. The van der Waals surface area contributed by atoms with Gasteiger partial charge in [-0.15, -0.1) is 0 Å². The van der Waals surface area contributed by atoms with E-state index in [1.807, 2.05) is 13.2 Å². The van der Waals surface area contributed by atoms with E-state index in [1.54, 1.807) is 29.8 Å². The normalized spacial score (nSPS) is 12.1. The van der Waals surface area contributed by atoms with Crippen molar-refractivity contribution >= 4 is 35.1 Å². The predicted molar refractivity (Wildman–Crippen MR) is 77.0 cm³/mol. The minimum Gasteiger partial charge on any atom is -0.338 e. The molecular formula is C11H17ClN4OS. The number of nitrogens with one attached hydrogen (secondary N) is 1. The van der Waals surface area contributed by atoms with E-state index in [2.05, 4.69) is 10.4 Å². The van der Waals surface area contributed by atoms with Crippen LogP contribution < -0.4 is 11.3 Å². The van der Waals surface area contributed by atoms with Crippen molar-refractivity contribution < 1.29 is 4.79 Å². The highest BCUT2D eigenvalue weighted by molar-refractivity contribution is 7.98. The number of hydrogen-bond donors (Lipinski definition) is 2. The number of rotatable bonds is 5. The second-order valence-corrected chi connectivity index (χ2v) is 5.24. The summed E-state index contributed by atoms with van der Waals surface area (Å²) in [6.45, 7) is 2.00. The average molecular weight is 289 g/mol. The number of nitrogens with two attached hydrogens (primary N) is 1. The van der Waals surface area contributed by atoms with Crippen LogP contribution in [-0.2, 0) is 0 Å². The maximum Gasteiger partial charge on any atom is 0.255 e. The Morgan fingerprint density at radius 2 is 2.39 bits per heavy atom. The van der Waals surface area contributed by atoms with E-state index < -0.39 is 0 Å². The third kappa shape index (κ3) is 3.51. The summed E-state index contributed by atoms with van der Waals surface area (Å²) in [5.41, 5.74) is 2.82. The summed E-state index contributed by atoms with van der Waals surface area (Å²) in [4.78, 5) is 17.8. The fraction of sp³-hybridized carbons (Fsp3) is 0.455. The number of nitrogens with zero attached hydrogens (tertiary/aromatic N) is 2. The minimum absolute atomic E-state index is 0.102. The van der Waals surface area contributed by atoms with Gasteiger partial charge >= 0.3 is 0 Å². The van der Waals surface area contributed by atoms with Crippen LogP contribution in [0.3, 0.4) is 0 Å². The van der Waals surface area contributed by atoms with Gasteiger partial charge in [-0.3, -0.25) is 4.79 Å². The van der Waals surface area contributed by atoms with Crippen LogP contribution >= 0.6 is 23.4 Å². The lowest BCUT2D eigenvalue weighted by molar-refractivity contribution is 0.0757. The summed E-state index contributed by atoms with van der Waals surface area (Å²) in [7, 11) is 1.77. The molecule has 1 aromatic heterocycles. The predicted octanol–water partition coefficient (Wildman–Crippen LogP) is 1.84. The van der Waals surface area contributed by atoms with Gasteiger partial charge in [-0.25, -0.2) is 10.8 Å². The van der Waals surface area contributed by atoms with Crippen LogP contribution in [-0.4, -0.2) is 40.9 Å². The van der Waals surface area contributed by atoms with Crippen LogP contribution in [0.15, 0.2) is 12.3 Å². The Balaban J connectivity index is 2.87. The zero-order valence-electron chi connectivity index (χ0n) is 10.6. The zero-order valence-corrected chi connectivity index (χ0v) is 12.2. The Bertz CT molecular complexity index is 430. The number of carbonyl (C=O) groups is 1. The summed E-state index contributed by atoms with van der Waals surface area (Å²) in [5, 5.41) is 0.328. The molecule has 0 aromatic carbocycles. The van der Waals surface area contributed by atoms with Crippen LogP contribution in [0.2, 0.25) is 5.02 Å². The van der Waals surface area contributed by atoms with E-state index >= 15 is 0 Å². The molecule has 3 N–H and O–H groups in total. The van der Waals surface area contributed by atoms with E-state index in [0.29, 0.717) is 16.4 Å². The highest BCUT2D eigenvalue weighted by Gasteiger charge is 2.18. The number of thioether (sulfide) groups is 1. The summed E-state index contributed by atoms with van der Waals surface area (Å²) in [6.07, 6.45) is 3.47. The van der Waals surface area contributed by atoms with Crippen LogP contribution in [0.1, 0.15) is 17.3 Å². The molecule has 1 atom stereocenters. The monoisotopic (exact) mass is 288 g/mol. The summed E-state index contributed by atoms with van der Waals surface area (Å²) in [5.74, 6) is 6.36. The molecule has 0 bridgehead atoms. The number of carbonyl (C=O) groups excluding carboxylic acids is 1. The molecule has 0 radical (unpaired) electrons. The van der Waals surface area contributed by atoms with Crippen LogP contribution in [0.5, 0.6) is 0 Å². The molecule has 0 aliphatic carbocycles. The molecule has 5 nitrogen and oxygen atoms in total. The van der Waals surface area contributed by atoms with E-state index in [4.69, 9.17) is 17.4 Å². The van der Waals surface area contributed by atoms with Crippen molar-refractivity contribution in [3.63, 3.8) is 0 Å². The molecule has 0 aliphatic rings. The van der Waals surface area contributed by atoms with Gasteiger partial charge in [0, 0.05) is 25.0 Å². The van der Waals surface area contributed by atoms with Crippen LogP contribution in [0.4, 0.5) is 5.82 Å². The number of amides is 1. The van der Waals surface area contributed by atoms with Crippen LogP contribution in [0.25, 0.3) is 0 Å². The lowest BCUT2D eigenvalue weighted by Gasteiger charge is -2.24. The van der Waals surface area contributed by atoms with E-state index in [1.165, 1.54) is 6.20 Å². The van der Waals surface area contributed by atoms with Crippen molar-refractivity contribution in [3.05, 3.63) is 22.8 Å². The quantitative estimate of drug-likeness (QED) is 0.639. The van der Waals surface area contributed by atoms with Crippen molar-refractivity contribution in [1.29, 1.82) is 0 Å². The first-order valence-electron chi connectivity index (χ1n) is 5.39. The first-order chi connectivity index (χ1) is 8.51. The second kappa shape index (κ2) is 6.82. The second-order valence-electron chi connectivity index (χ2n) is 3.92. The highest BCUT2D eigenvalue weighted by Crippen LogP contribution is 2.20. The Labute approximate surface area is 116 Å². The third-order valence-electron chi connectivity index (χ3n) is 2.61. The van der Waals surface area contributed by atoms with Gasteiger partial charge in [0.25, 0.3) is 5.91 Å². The lowest BCUT2D eigenvalue weighted by Crippen LogP contribution is -2.36. The molecular weight excluding hydrogens is 272 g/mol. The van der Waals surface area contributed by atoms with Crippen molar-refractivity contribution in [2.24, 2.45) is 5.84 Å². The summed E-state index contributed by atoms with van der Waals surface area (Å²) in [6, 6.07) is 1.72. The van der Waals surface area contributed by atoms with Gasteiger partial charge in [-0.05, 0) is 19.2 Å². The Kier molecular flexibility index (Phi) is 5.71. The van der Waals surface area contributed by atoms with Gasteiger partial charge in [0.15, 0.2) is 5.82 Å². The van der Waals surface area contributed by atoms with Crippen molar-refractivity contribution in [1.82, 2.24) is 9.88 Å². The van der Waals surface area contributed by atoms with Gasteiger partial charge in [-0.1, -0.05) is 11.6 Å². The number of hydrogen-bond acceptors (Lipinski definition) is 5. The third-order valence-corrected chi connectivity index (χ3v) is 3.72. The van der Waals surface area contributed by atoms with Crippen molar-refractivity contribution in [2.45, 2.75) is 13.0 Å². The van der Waals surface area contributed by atoms with Gasteiger partial charge in [0.2, 0.25) is 0 Å². The number of anilines is 1. The smallest absolute Gasteiger partial charge is 0.255 e. The first kappa shape index (κ1) is 15.1. The van der Waals surface area contributed by atoms with Gasteiger partial charge in [0.05, 0.1) is 10.6 Å². The van der Waals surface area contributed by atoms with Gasteiger partial charge < -0.3 is 10.3 Å². The largest absolute Gasteiger partial charge is 0.338 e. The lowest BCUT2D eigenvalue weighted by atomic mass is 10.2. The molecule has 0 aliphatic heterocycles. The van der Waals surface area contributed by atoms with Gasteiger partial charge in [-0.2, -0.15) is 11.8 Å². The number of hydrazine groups is 1. The molecule has 0 fully saturated rings. The van der Waals surface area contributed by atoms with Gasteiger partial charge in [0.1, 0.15) is 0 Å². The van der Waals surface area contributed by atoms with E-state index in [0.717, 1.165) is 5.75 Å². The number of aromatic nitrogens is 1. The molecule has 0 saturated heterocycles. The fourth-order valence-electron chi connectivity index (χ4n) is 1.42. The first-order valence-corrected chi connectivity index (χ1v) is 7.16. The molecule has 1 heterocycles. The standard InChI is InChI=1S/C11H17ClN4OS/c1-7(6-18-3)16(2)11(17)8-4-9(12)10(15-13)14-5-8/h4-5,7H,6,13H2,1-3H3,(H,14,15). The summed E-state index contributed by atoms with van der Waals surface area (Å²) < 4.78 is 0. The maximum absolute atomic E-state index is 12.2. The molecule has 1 rings (SSSR count). The topological polar surface area (TPSA) is 71.2 Å². The Morgan fingerprint density at radius 1 is 1.72 bits per heavy atom. The zero-order chi connectivity index (χ0) is 13.7. The van der Waals surface area contributed by atoms with Crippen molar-refractivity contribution in [2.75, 3.05) is 24.5 Å². The van der Waals surface area contributed by atoms with E-state index in [9.17, 15) is 4.79 Å². The molecule has 7 heteroatoms.